The van der Waals surface area contributed by atoms with Crippen LogP contribution in [0.15, 0.2) is 66.7 Å². The van der Waals surface area contributed by atoms with Crippen LogP contribution in [0.25, 0.3) is 0 Å². The third kappa shape index (κ3) is 6.20. The number of hydrogen-bond donors (Lipinski definition) is 3. The summed E-state index contributed by atoms with van der Waals surface area (Å²) in [6.07, 6.45) is 0. The molecule has 2 amide bonds. The number of rotatable bonds is 8. The lowest BCUT2D eigenvalue weighted by Crippen LogP contribution is -2.23. The van der Waals surface area contributed by atoms with Crippen LogP contribution in [0.1, 0.15) is 17.3 Å². The van der Waals surface area contributed by atoms with Crippen molar-refractivity contribution in [3.05, 3.63) is 83.1 Å². The van der Waals surface area contributed by atoms with Gasteiger partial charge in [-0.1, -0.05) is 23.7 Å². The van der Waals surface area contributed by atoms with Crippen LogP contribution in [0.5, 0.6) is 5.75 Å². The molecule has 0 aromatic heterocycles. The van der Waals surface area contributed by atoms with Crippen LogP contribution in [0.3, 0.4) is 0 Å². The van der Waals surface area contributed by atoms with Gasteiger partial charge in [-0.05, 0) is 61.5 Å². The van der Waals surface area contributed by atoms with Gasteiger partial charge in [-0.2, -0.15) is 0 Å². The number of anilines is 3. The second-order valence-corrected chi connectivity index (χ2v) is 6.92. The lowest BCUT2D eigenvalue weighted by molar-refractivity contribution is -0.114. The summed E-state index contributed by atoms with van der Waals surface area (Å²) in [5.41, 5.74) is 1.47. The molecule has 0 radical (unpaired) electrons. The van der Waals surface area contributed by atoms with Gasteiger partial charge in [-0.15, -0.1) is 0 Å². The van der Waals surface area contributed by atoms with Gasteiger partial charge in [0.25, 0.3) is 5.91 Å². The molecule has 160 valence electrons. The first kappa shape index (κ1) is 22.1. The van der Waals surface area contributed by atoms with Gasteiger partial charge < -0.3 is 20.7 Å². The summed E-state index contributed by atoms with van der Waals surface area (Å²) >= 11 is 5.71. The van der Waals surface area contributed by atoms with Gasteiger partial charge in [0.05, 0.1) is 24.4 Å². The van der Waals surface area contributed by atoms with E-state index in [1.54, 1.807) is 48.5 Å². The van der Waals surface area contributed by atoms with E-state index in [4.69, 9.17) is 16.3 Å². The Balaban J connectivity index is 1.62. The van der Waals surface area contributed by atoms with Crippen LogP contribution in [0.4, 0.5) is 21.5 Å². The Labute approximate surface area is 184 Å². The van der Waals surface area contributed by atoms with Crippen LogP contribution >= 0.6 is 11.6 Å². The zero-order valence-electron chi connectivity index (χ0n) is 16.7. The summed E-state index contributed by atoms with van der Waals surface area (Å²) in [5.74, 6) is -0.721. The van der Waals surface area contributed by atoms with E-state index in [1.807, 2.05) is 6.92 Å². The first-order chi connectivity index (χ1) is 15.0. The van der Waals surface area contributed by atoms with Crippen molar-refractivity contribution in [2.45, 2.75) is 6.92 Å². The fourth-order valence-electron chi connectivity index (χ4n) is 2.80. The molecular weight excluding hydrogens is 421 g/mol. The highest BCUT2D eigenvalue weighted by atomic mass is 35.5. The van der Waals surface area contributed by atoms with E-state index in [0.717, 1.165) is 6.07 Å². The molecule has 0 bridgehead atoms. The minimum Gasteiger partial charge on any atom is -0.494 e. The molecule has 8 heteroatoms. The Morgan fingerprint density at radius 1 is 0.968 bits per heavy atom. The van der Waals surface area contributed by atoms with Gasteiger partial charge >= 0.3 is 0 Å². The number of nitrogens with one attached hydrogen (secondary N) is 3. The first-order valence-corrected chi connectivity index (χ1v) is 9.96. The summed E-state index contributed by atoms with van der Waals surface area (Å²) < 4.78 is 19.2. The average molecular weight is 442 g/mol. The molecule has 0 saturated carbocycles. The highest BCUT2D eigenvalue weighted by Crippen LogP contribution is 2.21. The second-order valence-electron chi connectivity index (χ2n) is 6.48. The van der Waals surface area contributed by atoms with Crippen LogP contribution in [0, 0.1) is 5.82 Å². The Hall–Kier alpha value is -3.58. The number of ether oxygens (including phenoxy) is 1. The molecule has 0 heterocycles. The molecule has 3 aromatic rings. The number of hydrogen-bond acceptors (Lipinski definition) is 4. The highest BCUT2D eigenvalue weighted by molar-refractivity contribution is 6.30. The maximum atomic E-state index is 13.8. The SMILES string of the molecule is CCOc1ccc(NC(=O)c2ccccc2NCC(=O)Nc2ccc(Cl)cc2F)cc1. The van der Waals surface area contributed by atoms with Crippen LogP contribution < -0.4 is 20.7 Å². The number of benzene rings is 3. The number of carbonyl (C=O) groups is 2. The summed E-state index contributed by atoms with van der Waals surface area (Å²) in [6.45, 7) is 2.30. The third-order valence-electron chi connectivity index (χ3n) is 4.24. The molecule has 3 aromatic carbocycles. The lowest BCUT2D eigenvalue weighted by atomic mass is 10.1. The van der Waals surface area contributed by atoms with E-state index >= 15 is 0 Å². The zero-order valence-corrected chi connectivity index (χ0v) is 17.5. The molecule has 3 N–H and O–H groups in total. The standard InChI is InChI=1S/C23H21ClFN3O3/c1-2-31-17-10-8-16(9-11-17)27-23(30)18-5-3-4-6-20(18)26-14-22(29)28-21-12-7-15(24)13-19(21)25/h3-13,26H,2,14H2,1H3,(H,27,30)(H,28,29). The van der Waals surface area contributed by atoms with Crippen LogP contribution in [-0.4, -0.2) is 25.0 Å². The van der Waals surface area contributed by atoms with E-state index in [2.05, 4.69) is 16.0 Å². The molecular formula is C23H21ClFN3O3. The van der Waals surface area contributed by atoms with E-state index in [0.29, 0.717) is 29.3 Å². The van der Waals surface area contributed by atoms with Gasteiger partial charge in [0.1, 0.15) is 11.6 Å². The number of carbonyl (C=O) groups excluding carboxylic acids is 2. The molecule has 0 aliphatic rings. The summed E-state index contributed by atoms with van der Waals surface area (Å²) in [4.78, 5) is 24.9. The van der Waals surface area contributed by atoms with Crippen molar-refractivity contribution in [1.82, 2.24) is 0 Å². The van der Waals surface area contributed by atoms with Crippen molar-refractivity contribution in [1.29, 1.82) is 0 Å². The summed E-state index contributed by atoms with van der Waals surface area (Å²) in [6, 6.07) is 17.8. The molecule has 0 atom stereocenters. The van der Waals surface area contributed by atoms with Crippen molar-refractivity contribution in [3.8, 4) is 5.75 Å². The smallest absolute Gasteiger partial charge is 0.257 e. The number of para-hydroxylation sites is 1. The molecule has 0 aliphatic carbocycles. The van der Waals surface area contributed by atoms with Crippen molar-refractivity contribution < 1.29 is 18.7 Å². The van der Waals surface area contributed by atoms with Gasteiger partial charge in [0, 0.05) is 16.4 Å². The second kappa shape index (κ2) is 10.4. The number of halogens is 2. The van der Waals surface area contributed by atoms with Crippen molar-refractivity contribution in [3.63, 3.8) is 0 Å². The molecule has 0 unspecified atom stereocenters. The van der Waals surface area contributed by atoms with E-state index in [1.165, 1.54) is 12.1 Å². The predicted octanol–water partition coefficient (Wildman–Crippen LogP) is 5.18. The van der Waals surface area contributed by atoms with Crippen molar-refractivity contribution >= 4 is 40.5 Å². The minimum absolute atomic E-state index is 0.0257. The Bertz CT molecular complexity index is 1070. The summed E-state index contributed by atoms with van der Waals surface area (Å²) in [7, 11) is 0. The molecule has 0 saturated heterocycles. The van der Waals surface area contributed by atoms with Crippen molar-refractivity contribution in [2.75, 3.05) is 29.1 Å². The Morgan fingerprint density at radius 3 is 2.42 bits per heavy atom. The van der Waals surface area contributed by atoms with Gasteiger partial charge in [-0.25, -0.2) is 4.39 Å². The van der Waals surface area contributed by atoms with Crippen LogP contribution in [-0.2, 0) is 4.79 Å². The molecule has 6 nitrogen and oxygen atoms in total. The first-order valence-electron chi connectivity index (χ1n) is 9.58. The van der Waals surface area contributed by atoms with Crippen LogP contribution in [0.2, 0.25) is 5.02 Å². The Morgan fingerprint density at radius 2 is 1.71 bits per heavy atom. The largest absolute Gasteiger partial charge is 0.494 e. The normalized spacial score (nSPS) is 10.3. The Kier molecular flexibility index (Phi) is 7.45. The zero-order chi connectivity index (χ0) is 22.2. The third-order valence-corrected chi connectivity index (χ3v) is 4.47. The van der Waals surface area contributed by atoms with E-state index < -0.39 is 11.7 Å². The molecule has 0 spiro atoms. The molecule has 0 aliphatic heterocycles. The maximum absolute atomic E-state index is 13.8. The quantitative estimate of drug-likeness (QED) is 0.450. The maximum Gasteiger partial charge on any atom is 0.257 e. The topological polar surface area (TPSA) is 79.5 Å². The van der Waals surface area contributed by atoms with E-state index in [-0.39, 0.29) is 23.2 Å². The fraction of sp³-hybridized carbons (Fsp3) is 0.130. The molecule has 0 fully saturated rings. The fourth-order valence-corrected chi connectivity index (χ4v) is 2.95. The predicted molar refractivity (Wildman–Crippen MR) is 121 cm³/mol. The summed E-state index contributed by atoms with van der Waals surface area (Å²) in [5, 5.41) is 8.43. The van der Waals surface area contributed by atoms with Gasteiger partial charge in [-0.3, -0.25) is 9.59 Å². The van der Waals surface area contributed by atoms with E-state index in [9.17, 15) is 14.0 Å². The van der Waals surface area contributed by atoms with Crippen molar-refractivity contribution in [2.24, 2.45) is 0 Å². The lowest BCUT2D eigenvalue weighted by Gasteiger charge is -2.13. The average Bonchev–Trinajstić information content (AvgIpc) is 2.76. The highest BCUT2D eigenvalue weighted by Gasteiger charge is 2.13. The number of amides is 2. The molecule has 3 rings (SSSR count). The minimum atomic E-state index is -0.629. The molecule has 31 heavy (non-hydrogen) atoms. The monoisotopic (exact) mass is 441 g/mol. The van der Waals surface area contributed by atoms with Gasteiger partial charge in [0.15, 0.2) is 0 Å². The van der Waals surface area contributed by atoms with Gasteiger partial charge in [0.2, 0.25) is 5.91 Å².